The number of amides is 1. The zero-order valence-electron chi connectivity index (χ0n) is 18.4. The molecule has 3 aromatic carbocycles. The van der Waals surface area contributed by atoms with Crippen molar-refractivity contribution in [3.05, 3.63) is 95.6 Å². The van der Waals surface area contributed by atoms with Crippen LogP contribution in [0.2, 0.25) is 0 Å². The van der Waals surface area contributed by atoms with Crippen LogP contribution in [0.3, 0.4) is 0 Å². The normalized spacial score (nSPS) is 13.2. The quantitative estimate of drug-likeness (QED) is 0.351. The minimum absolute atomic E-state index is 0.0312. The van der Waals surface area contributed by atoms with Crippen molar-refractivity contribution in [1.29, 1.82) is 0 Å². The van der Waals surface area contributed by atoms with Crippen molar-refractivity contribution in [3.8, 4) is 5.75 Å². The fraction of sp³-hybridized carbons (Fsp3) is 0.240. The zero-order chi connectivity index (χ0) is 24.0. The Morgan fingerprint density at radius 3 is 2.15 bits per heavy atom. The lowest BCUT2D eigenvalue weighted by Gasteiger charge is -2.31. The first-order valence-corrected chi connectivity index (χ1v) is 12.3. The Bertz CT molecular complexity index is 1170. The summed E-state index contributed by atoms with van der Waals surface area (Å²) in [5.74, 6) is -0.373. The third-order valence-electron chi connectivity index (χ3n) is 5.33. The average molecular weight is 488 g/mol. The van der Waals surface area contributed by atoms with E-state index < -0.39 is 16.2 Å². The van der Waals surface area contributed by atoms with E-state index in [0.717, 1.165) is 11.1 Å². The van der Waals surface area contributed by atoms with Gasteiger partial charge in [0.05, 0.1) is 18.7 Å². The first kappa shape index (κ1) is 24.8. The number of carbonyl (C=O) groups excluding carboxylic acids is 1. The van der Waals surface area contributed by atoms with Gasteiger partial charge in [-0.25, -0.2) is 0 Å². The van der Waals surface area contributed by atoms with Crippen molar-refractivity contribution in [2.24, 2.45) is 0 Å². The van der Waals surface area contributed by atoms with E-state index in [2.05, 4.69) is 0 Å². The van der Waals surface area contributed by atoms with Gasteiger partial charge in [-0.15, -0.1) is 11.6 Å². The Hall–Kier alpha value is -2.87. The predicted molar refractivity (Wildman–Crippen MR) is 128 cm³/mol. The molecule has 0 saturated carbocycles. The highest BCUT2D eigenvalue weighted by molar-refractivity contribution is 7.87. The smallest absolute Gasteiger partial charge is 0.339 e. The zero-order valence-corrected chi connectivity index (χ0v) is 20.0. The van der Waals surface area contributed by atoms with E-state index in [1.165, 1.54) is 29.2 Å². The Morgan fingerprint density at radius 1 is 0.970 bits per heavy atom. The lowest BCUT2D eigenvalue weighted by molar-refractivity contribution is -0.132. The van der Waals surface area contributed by atoms with Gasteiger partial charge in [0.2, 0.25) is 5.91 Å². The van der Waals surface area contributed by atoms with Crippen molar-refractivity contribution in [1.82, 2.24) is 4.90 Å². The van der Waals surface area contributed by atoms with E-state index in [4.69, 9.17) is 15.8 Å². The molecule has 6 nitrogen and oxygen atoms in total. The molecule has 0 aromatic heterocycles. The third-order valence-corrected chi connectivity index (χ3v) is 6.82. The van der Waals surface area contributed by atoms with Gasteiger partial charge in [0.25, 0.3) is 0 Å². The third kappa shape index (κ3) is 6.35. The van der Waals surface area contributed by atoms with Gasteiger partial charge in [0.1, 0.15) is 16.5 Å². The number of aliphatic hydroxyl groups excluding tert-OH is 1. The minimum atomic E-state index is -3.97. The monoisotopic (exact) mass is 487 g/mol. The van der Waals surface area contributed by atoms with Crippen LogP contribution < -0.4 is 4.18 Å². The van der Waals surface area contributed by atoms with Crippen molar-refractivity contribution in [2.45, 2.75) is 30.9 Å². The summed E-state index contributed by atoms with van der Waals surface area (Å²) >= 11 is 5.80. The Balaban J connectivity index is 1.72. The number of benzene rings is 3. The fourth-order valence-electron chi connectivity index (χ4n) is 3.38. The number of nitrogens with zero attached hydrogens (tertiary/aromatic N) is 1. The van der Waals surface area contributed by atoms with Crippen LogP contribution in [0.15, 0.2) is 83.8 Å². The lowest BCUT2D eigenvalue weighted by Crippen LogP contribution is -2.37. The molecule has 1 N–H and O–H groups in total. The SMILES string of the molecule is Cc1ccc(S(=O)(=O)Oc2ccc([C@@H](O)CN(C(=O)CCl)[C@@H](C)c3ccccc3)cc2)cc1. The van der Waals surface area contributed by atoms with Crippen LogP contribution in [0.4, 0.5) is 0 Å². The Labute approximate surface area is 199 Å². The number of aliphatic hydroxyl groups is 1. The van der Waals surface area contributed by atoms with E-state index in [1.54, 1.807) is 24.3 Å². The standard InChI is InChI=1S/C25H26ClNO5S/c1-18-8-14-23(15-9-18)33(30,31)32-22-12-10-21(11-13-22)24(28)17-27(25(29)16-26)19(2)20-6-4-3-5-7-20/h3-15,19,24,28H,16-17H2,1-2H3/t19-,24-/m0/s1. The van der Waals surface area contributed by atoms with Crippen LogP contribution in [0, 0.1) is 6.92 Å². The van der Waals surface area contributed by atoms with Gasteiger partial charge < -0.3 is 14.2 Å². The van der Waals surface area contributed by atoms with Crippen LogP contribution >= 0.6 is 11.6 Å². The summed E-state index contributed by atoms with van der Waals surface area (Å²) in [6, 6.07) is 21.6. The lowest BCUT2D eigenvalue weighted by atomic mass is 10.0. The van der Waals surface area contributed by atoms with Gasteiger partial charge in [0.15, 0.2) is 0 Å². The number of halogens is 1. The Morgan fingerprint density at radius 2 is 1.58 bits per heavy atom. The number of hydrogen-bond acceptors (Lipinski definition) is 5. The largest absolute Gasteiger partial charge is 0.387 e. The molecule has 33 heavy (non-hydrogen) atoms. The van der Waals surface area contributed by atoms with Gasteiger partial charge in [-0.3, -0.25) is 4.79 Å². The van der Waals surface area contributed by atoms with E-state index >= 15 is 0 Å². The molecular weight excluding hydrogens is 462 g/mol. The van der Waals surface area contributed by atoms with Crippen LogP contribution in [-0.2, 0) is 14.9 Å². The molecule has 0 fully saturated rings. The molecule has 0 aliphatic heterocycles. The minimum Gasteiger partial charge on any atom is -0.387 e. The van der Waals surface area contributed by atoms with Crippen LogP contribution in [0.25, 0.3) is 0 Å². The molecule has 0 heterocycles. The fourth-order valence-corrected chi connectivity index (χ4v) is 4.46. The maximum atomic E-state index is 12.5. The van der Waals surface area contributed by atoms with Crippen molar-refractivity contribution in [3.63, 3.8) is 0 Å². The first-order chi connectivity index (χ1) is 15.7. The molecule has 0 aliphatic carbocycles. The molecule has 0 spiro atoms. The van der Waals surface area contributed by atoms with Gasteiger partial charge in [0, 0.05) is 0 Å². The number of carbonyl (C=O) groups is 1. The molecule has 0 bridgehead atoms. The summed E-state index contributed by atoms with van der Waals surface area (Å²) in [5, 5.41) is 10.8. The highest BCUT2D eigenvalue weighted by Crippen LogP contribution is 2.26. The van der Waals surface area contributed by atoms with Crippen LogP contribution in [0.5, 0.6) is 5.75 Å². The summed E-state index contributed by atoms with van der Waals surface area (Å²) in [6.45, 7) is 3.77. The highest BCUT2D eigenvalue weighted by atomic mass is 35.5. The van der Waals surface area contributed by atoms with Gasteiger partial charge >= 0.3 is 10.1 Å². The molecular formula is C25H26ClNO5S. The first-order valence-electron chi connectivity index (χ1n) is 10.4. The highest BCUT2D eigenvalue weighted by Gasteiger charge is 2.24. The molecule has 8 heteroatoms. The maximum absolute atomic E-state index is 12.5. The summed E-state index contributed by atoms with van der Waals surface area (Å²) < 4.78 is 30.1. The van der Waals surface area contributed by atoms with Crippen LogP contribution in [0.1, 0.15) is 35.8 Å². The second-order valence-electron chi connectivity index (χ2n) is 7.70. The number of alkyl halides is 1. The summed E-state index contributed by atoms with van der Waals surface area (Å²) in [4.78, 5) is 14.0. The van der Waals surface area contributed by atoms with Crippen molar-refractivity contribution >= 4 is 27.6 Å². The van der Waals surface area contributed by atoms with Gasteiger partial charge in [-0.05, 0) is 49.2 Å². The molecule has 1 amide bonds. The van der Waals surface area contributed by atoms with Gasteiger partial charge in [-0.1, -0.05) is 60.2 Å². The second kappa shape index (κ2) is 10.8. The molecule has 0 saturated heterocycles. The molecule has 0 aliphatic rings. The predicted octanol–water partition coefficient (Wildman–Crippen LogP) is 4.62. The van der Waals surface area contributed by atoms with Gasteiger partial charge in [-0.2, -0.15) is 8.42 Å². The number of hydrogen-bond donors (Lipinski definition) is 1. The Kier molecular flexibility index (Phi) is 8.13. The molecule has 2 atom stereocenters. The topological polar surface area (TPSA) is 83.9 Å². The molecule has 3 rings (SSSR count). The number of rotatable bonds is 9. The van der Waals surface area contributed by atoms with Crippen molar-refractivity contribution < 1.29 is 22.5 Å². The second-order valence-corrected chi connectivity index (χ2v) is 9.52. The molecule has 0 radical (unpaired) electrons. The van der Waals surface area contributed by atoms with Crippen LogP contribution in [-0.4, -0.2) is 36.8 Å². The summed E-state index contributed by atoms with van der Waals surface area (Å²) in [5.41, 5.74) is 2.38. The van der Waals surface area contributed by atoms with E-state index in [-0.39, 0.29) is 35.0 Å². The molecule has 0 unspecified atom stereocenters. The van der Waals surface area contributed by atoms with Crippen molar-refractivity contribution in [2.75, 3.05) is 12.4 Å². The molecule has 174 valence electrons. The summed E-state index contributed by atoms with van der Waals surface area (Å²) in [7, 11) is -3.97. The average Bonchev–Trinajstić information content (AvgIpc) is 2.82. The van der Waals surface area contributed by atoms with E-state index in [1.807, 2.05) is 44.2 Å². The number of aryl methyl sites for hydroxylation is 1. The molecule has 3 aromatic rings. The summed E-state index contributed by atoms with van der Waals surface area (Å²) in [6.07, 6.45) is -0.994. The van der Waals surface area contributed by atoms with E-state index in [0.29, 0.717) is 5.56 Å². The van der Waals surface area contributed by atoms with E-state index in [9.17, 15) is 18.3 Å². The maximum Gasteiger partial charge on any atom is 0.339 e.